The number of nitrogens with one attached hydrogen (secondary N) is 2. The van der Waals surface area contributed by atoms with Crippen LogP contribution in [0.15, 0.2) is 42.5 Å². The minimum atomic E-state index is -0.817. The number of amides is 2. The minimum absolute atomic E-state index is 0.0377. The third-order valence-corrected chi connectivity index (χ3v) is 3.58. The number of hydrogen-bond donors (Lipinski definition) is 3. The van der Waals surface area contributed by atoms with Crippen LogP contribution >= 0.6 is 23.2 Å². The zero-order valence-electron chi connectivity index (χ0n) is 13.8. The lowest BCUT2D eigenvalue weighted by atomic mass is 10.2. The lowest BCUT2D eigenvalue weighted by molar-refractivity contribution is -0.131. The van der Waals surface area contributed by atoms with E-state index in [1.165, 1.54) is 18.2 Å². The van der Waals surface area contributed by atoms with Crippen LogP contribution in [0.1, 0.15) is 10.4 Å². The topological polar surface area (TPSA) is 120 Å². The standard InChI is InChI=1S/C17H15Cl2N3O5/c18-10-1-4-12(5-2-10)26-8-15(23)21-22-16(24)9-27-17(25)13-7-11(19)3-6-14(13)20/h1-7H,8-9,20H2,(H,21,23)(H,22,24). The molecule has 0 heterocycles. The van der Waals surface area contributed by atoms with Gasteiger partial charge >= 0.3 is 5.97 Å². The van der Waals surface area contributed by atoms with Gasteiger partial charge in [0.25, 0.3) is 11.8 Å². The molecule has 0 atom stereocenters. The predicted octanol–water partition coefficient (Wildman–Crippen LogP) is 1.96. The van der Waals surface area contributed by atoms with Crippen LogP contribution in [0.2, 0.25) is 10.0 Å². The van der Waals surface area contributed by atoms with Crippen LogP contribution in [0.5, 0.6) is 5.75 Å². The molecular weight excluding hydrogens is 397 g/mol. The van der Waals surface area contributed by atoms with E-state index in [9.17, 15) is 14.4 Å². The molecule has 0 aliphatic heterocycles. The average Bonchev–Trinajstić information content (AvgIpc) is 2.65. The van der Waals surface area contributed by atoms with Crippen LogP contribution in [0.25, 0.3) is 0 Å². The fourth-order valence-corrected chi connectivity index (χ4v) is 2.10. The van der Waals surface area contributed by atoms with Gasteiger partial charge in [-0.1, -0.05) is 23.2 Å². The number of hydrazine groups is 1. The Morgan fingerprint density at radius 2 is 1.48 bits per heavy atom. The van der Waals surface area contributed by atoms with E-state index in [0.29, 0.717) is 15.8 Å². The SMILES string of the molecule is Nc1ccc(Cl)cc1C(=O)OCC(=O)NNC(=O)COc1ccc(Cl)cc1. The number of nitrogens with two attached hydrogens (primary N) is 1. The van der Waals surface area contributed by atoms with Crippen molar-refractivity contribution in [2.24, 2.45) is 0 Å². The van der Waals surface area contributed by atoms with Crippen molar-refractivity contribution in [2.45, 2.75) is 0 Å². The number of carbonyl (C=O) groups is 3. The van der Waals surface area contributed by atoms with E-state index < -0.39 is 24.4 Å². The Bertz CT molecular complexity index is 843. The summed E-state index contributed by atoms with van der Waals surface area (Å²) in [4.78, 5) is 35.1. The maximum Gasteiger partial charge on any atom is 0.340 e. The minimum Gasteiger partial charge on any atom is -0.484 e. The van der Waals surface area contributed by atoms with Crippen molar-refractivity contribution < 1.29 is 23.9 Å². The number of benzene rings is 2. The zero-order chi connectivity index (χ0) is 19.8. The molecule has 27 heavy (non-hydrogen) atoms. The predicted molar refractivity (Wildman–Crippen MR) is 99.4 cm³/mol. The molecule has 0 saturated heterocycles. The molecule has 0 saturated carbocycles. The van der Waals surface area contributed by atoms with Crippen molar-refractivity contribution in [1.82, 2.24) is 10.9 Å². The van der Waals surface area contributed by atoms with Crippen molar-refractivity contribution in [3.8, 4) is 5.75 Å². The van der Waals surface area contributed by atoms with Crippen molar-refractivity contribution in [3.63, 3.8) is 0 Å². The molecule has 0 aliphatic carbocycles. The van der Waals surface area contributed by atoms with Crippen LogP contribution in [-0.4, -0.2) is 31.0 Å². The van der Waals surface area contributed by atoms with E-state index >= 15 is 0 Å². The van der Waals surface area contributed by atoms with E-state index in [-0.39, 0.29) is 17.9 Å². The number of hydrogen-bond acceptors (Lipinski definition) is 6. The number of esters is 1. The van der Waals surface area contributed by atoms with Crippen molar-refractivity contribution >= 4 is 46.7 Å². The quantitative estimate of drug-likeness (QED) is 0.379. The lowest BCUT2D eigenvalue weighted by Gasteiger charge is -2.10. The first-order valence-corrected chi connectivity index (χ1v) is 8.29. The fraction of sp³-hybridized carbons (Fsp3) is 0.118. The van der Waals surface area contributed by atoms with Gasteiger partial charge in [-0.2, -0.15) is 0 Å². The highest BCUT2D eigenvalue weighted by Gasteiger charge is 2.14. The van der Waals surface area contributed by atoms with Crippen LogP contribution < -0.4 is 21.3 Å². The number of nitrogen functional groups attached to an aromatic ring is 1. The summed E-state index contributed by atoms with van der Waals surface area (Å²) >= 11 is 11.5. The van der Waals surface area contributed by atoms with Gasteiger partial charge in [-0.15, -0.1) is 0 Å². The van der Waals surface area contributed by atoms with E-state index in [2.05, 4.69) is 10.9 Å². The molecule has 0 aliphatic rings. The third kappa shape index (κ3) is 6.69. The van der Waals surface area contributed by atoms with Gasteiger partial charge in [0.2, 0.25) is 0 Å². The van der Waals surface area contributed by atoms with Crippen molar-refractivity contribution in [1.29, 1.82) is 0 Å². The number of halogens is 2. The van der Waals surface area contributed by atoms with Gasteiger partial charge in [0.05, 0.1) is 5.56 Å². The zero-order valence-corrected chi connectivity index (χ0v) is 15.3. The molecule has 8 nitrogen and oxygen atoms in total. The second-order valence-corrected chi connectivity index (χ2v) is 6.02. The highest BCUT2D eigenvalue weighted by Crippen LogP contribution is 2.18. The van der Waals surface area contributed by atoms with E-state index in [4.69, 9.17) is 38.4 Å². The molecule has 0 unspecified atom stereocenters. The van der Waals surface area contributed by atoms with Gasteiger partial charge in [-0.05, 0) is 42.5 Å². The van der Waals surface area contributed by atoms with Crippen LogP contribution in [-0.2, 0) is 14.3 Å². The van der Waals surface area contributed by atoms with E-state index in [1.807, 2.05) is 0 Å². The number of anilines is 1. The molecule has 2 aromatic carbocycles. The summed E-state index contributed by atoms with van der Waals surface area (Å²) in [5.41, 5.74) is 10.1. The van der Waals surface area contributed by atoms with Gasteiger partial charge in [0.15, 0.2) is 13.2 Å². The molecule has 0 aromatic heterocycles. The highest BCUT2D eigenvalue weighted by molar-refractivity contribution is 6.31. The van der Waals surface area contributed by atoms with Gasteiger partial charge in [0.1, 0.15) is 5.75 Å². The van der Waals surface area contributed by atoms with Crippen molar-refractivity contribution in [3.05, 3.63) is 58.1 Å². The maximum atomic E-state index is 11.9. The van der Waals surface area contributed by atoms with E-state index in [1.54, 1.807) is 24.3 Å². The van der Waals surface area contributed by atoms with E-state index in [0.717, 1.165) is 0 Å². The average molecular weight is 412 g/mol. The Balaban J connectivity index is 1.70. The summed E-state index contributed by atoms with van der Waals surface area (Å²) in [6.07, 6.45) is 0. The smallest absolute Gasteiger partial charge is 0.340 e. The molecule has 10 heteroatoms. The maximum absolute atomic E-state index is 11.9. The first-order chi connectivity index (χ1) is 12.8. The van der Waals surface area contributed by atoms with Crippen LogP contribution in [0.4, 0.5) is 5.69 Å². The molecule has 2 rings (SSSR count). The Labute approximate surface area is 164 Å². The fourth-order valence-electron chi connectivity index (χ4n) is 1.81. The largest absolute Gasteiger partial charge is 0.484 e. The third-order valence-electron chi connectivity index (χ3n) is 3.09. The molecule has 0 fully saturated rings. The number of rotatable bonds is 6. The van der Waals surface area contributed by atoms with Gasteiger partial charge < -0.3 is 15.2 Å². The first-order valence-electron chi connectivity index (χ1n) is 7.53. The Kier molecular flexibility index (Phi) is 7.27. The van der Waals surface area contributed by atoms with Crippen LogP contribution in [0.3, 0.4) is 0 Å². The molecule has 2 aromatic rings. The lowest BCUT2D eigenvalue weighted by Crippen LogP contribution is -2.45. The number of ether oxygens (including phenoxy) is 2. The second kappa shape index (κ2) is 9.65. The summed E-state index contributed by atoms with van der Waals surface area (Å²) in [5.74, 6) is -1.73. The van der Waals surface area contributed by atoms with Gasteiger partial charge in [-0.3, -0.25) is 20.4 Å². The highest BCUT2D eigenvalue weighted by atomic mass is 35.5. The summed E-state index contributed by atoms with van der Waals surface area (Å²) in [6.45, 7) is -0.955. The molecular formula is C17H15Cl2N3O5. The normalized spacial score (nSPS) is 10.0. The molecule has 0 spiro atoms. The monoisotopic (exact) mass is 411 g/mol. The Morgan fingerprint density at radius 3 is 2.15 bits per heavy atom. The molecule has 4 N–H and O–H groups in total. The van der Waals surface area contributed by atoms with Crippen molar-refractivity contribution in [2.75, 3.05) is 18.9 Å². The Morgan fingerprint density at radius 1 is 0.889 bits per heavy atom. The molecule has 0 radical (unpaired) electrons. The summed E-state index contributed by atoms with van der Waals surface area (Å²) in [6, 6.07) is 10.7. The van der Waals surface area contributed by atoms with Gasteiger partial charge in [0, 0.05) is 15.7 Å². The molecule has 142 valence electrons. The summed E-state index contributed by atoms with van der Waals surface area (Å²) in [5, 5.41) is 0.835. The Hall–Kier alpha value is -2.97. The van der Waals surface area contributed by atoms with Crippen LogP contribution in [0, 0.1) is 0 Å². The second-order valence-electron chi connectivity index (χ2n) is 5.15. The molecule has 2 amide bonds. The summed E-state index contributed by atoms with van der Waals surface area (Å²) in [7, 11) is 0. The summed E-state index contributed by atoms with van der Waals surface area (Å²) < 4.78 is 10.0. The first kappa shape index (κ1) is 20.3. The number of carbonyl (C=O) groups excluding carboxylic acids is 3. The molecule has 0 bridgehead atoms. The van der Waals surface area contributed by atoms with Gasteiger partial charge in [-0.25, -0.2) is 4.79 Å².